The highest BCUT2D eigenvalue weighted by molar-refractivity contribution is 6.02. The Kier molecular flexibility index (Phi) is 12.6. The molecule has 0 saturated heterocycles. The van der Waals surface area contributed by atoms with Gasteiger partial charge in [0, 0.05) is 19.4 Å². The summed E-state index contributed by atoms with van der Waals surface area (Å²) < 4.78 is 19.5. The summed E-state index contributed by atoms with van der Waals surface area (Å²) in [5, 5.41) is 49.8. The Labute approximate surface area is 298 Å². The molecule has 1 unspecified atom stereocenters. The van der Waals surface area contributed by atoms with Gasteiger partial charge in [-0.1, -0.05) is 61.5 Å². The molecule has 3 aromatic carbocycles. The third-order valence-electron chi connectivity index (χ3n) is 8.21. The number of hydrogen-bond acceptors (Lipinski definition) is 16. The summed E-state index contributed by atoms with van der Waals surface area (Å²) >= 11 is 0. The summed E-state index contributed by atoms with van der Waals surface area (Å²) in [6.07, 6.45) is -1.78. The van der Waals surface area contributed by atoms with Gasteiger partial charge in [-0.3, -0.25) is 25.4 Å². The van der Waals surface area contributed by atoms with Crippen LogP contribution in [0.5, 0.6) is 6.01 Å². The second-order valence-electron chi connectivity index (χ2n) is 12.4. The van der Waals surface area contributed by atoms with Crippen LogP contribution in [0.3, 0.4) is 0 Å². The van der Waals surface area contributed by atoms with E-state index in [1.165, 1.54) is 6.92 Å². The van der Waals surface area contributed by atoms with Gasteiger partial charge in [-0.15, -0.1) is 10.2 Å². The van der Waals surface area contributed by atoms with Crippen LogP contribution < -0.4 is 4.74 Å². The van der Waals surface area contributed by atoms with Crippen molar-refractivity contribution in [2.24, 2.45) is 5.92 Å². The molecule has 0 saturated carbocycles. The Bertz CT molecular complexity index is 1900. The van der Waals surface area contributed by atoms with Gasteiger partial charge in [0.25, 0.3) is 6.01 Å². The number of nitrogens with one attached hydrogen (secondary N) is 1. The van der Waals surface area contributed by atoms with Crippen LogP contribution in [0.2, 0.25) is 0 Å². The van der Waals surface area contributed by atoms with E-state index in [0.29, 0.717) is 36.0 Å². The summed E-state index contributed by atoms with van der Waals surface area (Å²) in [4.78, 5) is 28.1. The highest BCUT2D eigenvalue weighted by Gasteiger charge is 2.32. The van der Waals surface area contributed by atoms with Crippen molar-refractivity contribution in [1.82, 2.24) is 41.0 Å². The number of para-hydroxylation sites is 1. The average Bonchev–Trinajstić information content (AvgIpc) is 3.76. The van der Waals surface area contributed by atoms with Crippen LogP contribution in [0.25, 0.3) is 33.5 Å². The first kappa shape index (κ1) is 38.3. The summed E-state index contributed by atoms with van der Waals surface area (Å²) in [5.41, 5.74) is 5.01. The summed E-state index contributed by atoms with van der Waals surface area (Å²) in [6, 6.07) is 21.3. The SMILES string of the molecule is CCOc1nc2cccc(C(=O)OC(C)(C)OCCC(C)[C@H](ON(O)O)[C@H](C)ON(O)O)c2n1Cc1ccc(-c2ccccc2-c2nn[nH]n2)cc1. The number of nitrogens with zero attached hydrogens (tertiary/aromatic N) is 7. The van der Waals surface area contributed by atoms with Crippen LogP contribution in [0, 0.1) is 5.92 Å². The van der Waals surface area contributed by atoms with E-state index in [1.54, 1.807) is 39.0 Å². The fourth-order valence-corrected chi connectivity index (χ4v) is 5.83. The number of ether oxygens (including phenoxy) is 3. The quantitative estimate of drug-likeness (QED) is 0.0453. The van der Waals surface area contributed by atoms with Gasteiger partial charge in [-0.2, -0.15) is 10.2 Å². The molecule has 3 atom stereocenters. The van der Waals surface area contributed by atoms with Crippen molar-refractivity contribution in [3.63, 3.8) is 0 Å². The van der Waals surface area contributed by atoms with Crippen molar-refractivity contribution in [3.05, 3.63) is 77.9 Å². The van der Waals surface area contributed by atoms with E-state index < -0.39 is 40.7 Å². The maximum absolute atomic E-state index is 13.7. The second kappa shape index (κ2) is 17.1. The van der Waals surface area contributed by atoms with Crippen molar-refractivity contribution in [1.29, 1.82) is 0 Å². The highest BCUT2D eigenvalue weighted by Crippen LogP contribution is 2.32. The van der Waals surface area contributed by atoms with E-state index in [2.05, 4.69) is 25.6 Å². The average molecular weight is 723 g/mol. The van der Waals surface area contributed by atoms with Crippen LogP contribution in [0.1, 0.15) is 57.0 Å². The molecule has 18 heteroatoms. The van der Waals surface area contributed by atoms with Crippen LogP contribution in [0.4, 0.5) is 0 Å². The Morgan fingerprint density at radius 1 is 0.942 bits per heavy atom. The monoisotopic (exact) mass is 722 g/mol. The molecule has 5 N–H and O–H groups in total. The smallest absolute Gasteiger partial charge is 0.342 e. The number of benzene rings is 3. The molecule has 0 fully saturated rings. The summed E-state index contributed by atoms with van der Waals surface area (Å²) in [6.45, 7) is 8.94. The van der Waals surface area contributed by atoms with E-state index in [1.807, 2.05) is 60.0 Å². The molecule has 0 aliphatic carbocycles. The number of aromatic amines is 1. The summed E-state index contributed by atoms with van der Waals surface area (Å²) in [7, 11) is 0. The van der Waals surface area contributed by atoms with Gasteiger partial charge in [0.05, 0.1) is 47.1 Å². The van der Waals surface area contributed by atoms with Crippen LogP contribution >= 0.6 is 0 Å². The zero-order valence-corrected chi connectivity index (χ0v) is 29.3. The molecule has 5 aromatic rings. The van der Waals surface area contributed by atoms with Crippen LogP contribution in [-0.2, 0) is 25.7 Å². The first-order valence-electron chi connectivity index (χ1n) is 16.5. The molecule has 52 heavy (non-hydrogen) atoms. The molecule has 0 spiro atoms. The van der Waals surface area contributed by atoms with Crippen molar-refractivity contribution in [2.75, 3.05) is 13.2 Å². The van der Waals surface area contributed by atoms with Crippen molar-refractivity contribution < 1.29 is 49.5 Å². The largest absolute Gasteiger partial charge is 0.465 e. The Balaban J connectivity index is 1.32. The van der Waals surface area contributed by atoms with Gasteiger partial charge in [0.15, 0.2) is 0 Å². The van der Waals surface area contributed by atoms with E-state index in [-0.39, 0.29) is 18.6 Å². The lowest BCUT2D eigenvalue weighted by molar-refractivity contribution is -0.540. The lowest BCUT2D eigenvalue weighted by Crippen LogP contribution is -2.42. The molecule has 2 aromatic heterocycles. The first-order chi connectivity index (χ1) is 24.9. The standard InChI is InChI=1S/C34H42N8O10/c1-6-48-33-35-28-13-9-12-27(32(43)50-34(4,5)49-19-18-21(2)30(52-42(46)47)22(3)51-41(44)45)29(28)40(33)20-23-14-16-24(17-15-23)25-10-7-8-11-26(25)31-36-38-39-37-31/h7-17,21-22,30,44-47H,6,18-20H2,1-5H3,(H,36,37,38,39)/t21?,22-,30-/m0/s1. The van der Waals surface area contributed by atoms with Crippen LogP contribution in [-0.4, -0.2) is 99.0 Å². The zero-order chi connectivity index (χ0) is 37.4. The molecule has 0 bridgehead atoms. The van der Waals surface area contributed by atoms with E-state index in [4.69, 9.17) is 34.3 Å². The number of imidazole rings is 1. The molecule has 0 aliphatic rings. The number of H-pyrrole nitrogens is 1. The van der Waals surface area contributed by atoms with Gasteiger partial charge < -0.3 is 14.2 Å². The maximum Gasteiger partial charge on any atom is 0.342 e. The predicted octanol–water partition coefficient (Wildman–Crippen LogP) is 5.05. The number of carbonyl (C=O) groups is 1. The van der Waals surface area contributed by atoms with E-state index in [9.17, 15) is 15.2 Å². The minimum Gasteiger partial charge on any atom is -0.465 e. The molecular formula is C34H42N8O10. The lowest BCUT2D eigenvalue weighted by atomic mass is 9.97. The summed E-state index contributed by atoms with van der Waals surface area (Å²) in [5.74, 6) is -2.00. The fraction of sp³-hybridized carbons (Fsp3) is 0.382. The molecule has 5 rings (SSSR count). The third kappa shape index (κ3) is 9.50. The van der Waals surface area contributed by atoms with E-state index >= 15 is 0 Å². The molecule has 0 radical (unpaired) electrons. The van der Waals surface area contributed by atoms with Gasteiger partial charge in [0.1, 0.15) is 12.2 Å². The minimum atomic E-state index is -1.38. The molecule has 0 amide bonds. The van der Waals surface area contributed by atoms with Crippen molar-refractivity contribution in [3.8, 4) is 28.5 Å². The second-order valence-corrected chi connectivity index (χ2v) is 12.4. The number of tetrazole rings is 1. The number of carbonyl (C=O) groups excluding carboxylic acids is 1. The Hall–Kier alpha value is -4.89. The minimum absolute atomic E-state index is 0.0546. The maximum atomic E-state index is 13.7. The normalized spacial score (nSPS) is 13.8. The zero-order valence-electron chi connectivity index (χ0n) is 29.3. The molecule has 2 heterocycles. The number of hydrogen-bond donors (Lipinski definition) is 5. The fourth-order valence-electron chi connectivity index (χ4n) is 5.83. The predicted molar refractivity (Wildman–Crippen MR) is 181 cm³/mol. The number of esters is 1. The lowest BCUT2D eigenvalue weighted by Gasteiger charge is -2.31. The molecule has 0 aliphatic heterocycles. The van der Waals surface area contributed by atoms with Gasteiger partial charge in [-0.25, -0.2) is 14.5 Å². The first-order valence-corrected chi connectivity index (χ1v) is 16.5. The number of aromatic nitrogens is 6. The molecule has 18 nitrogen and oxygen atoms in total. The van der Waals surface area contributed by atoms with Gasteiger partial charge in [-0.05, 0) is 60.2 Å². The molecule has 278 valence electrons. The Morgan fingerprint density at radius 3 is 2.31 bits per heavy atom. The third-order valence-corrected chi connectivity index (χ3v) is 8.21. The topological polar surface area (TPSA) is 223 Å². The van der Waals surface area contributed by atoms with Crippen molar-refractivity contribution in [2.45, 2.75) is 65.6 Å². The van der Waals surface area contributed by atoms with E-state index in [0.717, 1.165) is 22.3 Å². The van der Waals surface area contributed by atoms with Crippen LogP contribution in [0.15, 0.2) is 66.7 Å². The number of fused-ring (bicyclic) bond motifs is 1. The van der Waals surface area contributed by atoms with Gasteiger partial charge >= 0.3 is 5.97 Å². The highest BCUT2D eigenvalue weighted by atomic mass is 17.1. The van der Waals surface area contributed by atoms with Crippen molar-refractivity contribution >= 4 is 17.0 Å². The Morgan fingerprint density at radius 2 is 1.65 bits per heavy atom. The van der Waals surface area contributed by atoms with Gasteiger partial charge in [0.2, 0.25) is 11.6 Å². The molecular weight excluding hydrogens is 680 g/mol. The number of rotatable bonds is 18.